The van der Waals surface area contributed by atoms with Gasteiger partial charge in [-0.1, -0.05) is 0 Å². The second-order valence-corrected chi connectivity index (χ2v) is 6.78. The Bertz CT molecular complexity index is 698. The van der Waals surface area contributed by atoms with Crippen molar-refractivity contribution in [3.63, 3.8) is 0 Å². The van der Waals surface area contributed by atoms with Crippen molar-refractivity contribution in [1.29, 1.82) is 0 Å². The molecule has 0 spiro atoms. The maximum atomic E-state index is 12.8. The molecule has 5 nitrogen and oxygen atoms in total. The van der Waals surface area contributed by atoms with E-state index in [1.165, 1.54) is 30.7 Å². The molecule has 2 saturated heterocycles. The molecule has 2 N–H and O–H groups in total. The van der Waals surface area contributed by atoms with Crippen molar-refractivity contribution in [2.45, 2.75) is 18.9 Å². The van der Waals surface area contributed by atoms with Crippen molar-refractivity contribution >= 4 is 33.1 Å². The quantitative estimate of drug-likeness (QED) is 0.872. The minimum absolute atomic E-state index is 0.0713. The van der Waals surface area contributed by atoms with Gasteiger partial charge in [0.1, 0.15) is 9.71 Å². The Hall–Kier alpha value is -1.66. The van der Waals surface area contributed by atoms with Crippen LogP contribution < -0.4 is 5.73 Å². The number of thiophene rings is 1. The molecule has 1 amide bonds. The third-order valence-electron chi connectivity index (χ3n) is 4.57. The number of fused-ring (bicyclic) bond motifs is 2. The molecule has 4 rings (SSSR count). The fourth-order valence-electron chi connectivity index (χ4n) is 3.43. The van der Waals surface area contributed by atoms with Gasteiger partial charge in [-0.25, -0.2) is 4.98 Å². The van der Waals surface area contributed by atoms with Crippen LogP contribution in [0.1, 0.15) is 22.5 Å². The molecule has 2 aliphatic rings. The fraction of sp³-hybridized carbons (Fsp3) is 0.467. The first kappa shape index (κ1) is 13.0. The Morgan fingerprint density at radius 2 is 2.29 bits per heavy atom. The Labute approximate surface area is 127 Å². The summed E-state index contributed by atoms with van der Waals surface area (Å²) in [6, 6.07) is 4.33. The predicted molar refractivity (Wildman–Crippen MR) is 84.5 cm³/mol. The molecule has 6 heteroatoms. The molecule has 4 heterocycles. The lowest BCUT2D eigenvalue weighted by Crippen LogP contribution is -2.52. The van der Waals surface area contributed by atoms with Gasteiger partial charge in [-0.15, -0.1) is 11.3 Å². The summed E-state index contributed by atoms with van der Waals surface area (Å²) in [4.78, 5) is 23.1. The lowest BCUT2D eigenvalue weighted by atomic mass is 10.1. The maximum Gasteiger partial charge on any atom is 0.266 e. The second-order valence-electron chi connectivity index (χ2n) is 5.78. The molecule has 2 aromatic rings. The zero-order valence-corrected chi connectivity index (χ0v) is 12.6. The van der Waals surface area contributed by atoms with Crippen molar-refractivity contribution in [1.82, 2.24) is 14.8 Å². The molecular weight excluding hydrogens is 284 g/mol. The normalized spacial score (nSPS) is 22.7. The van der Waals surface area contributed by atoms with Crippen LogP contribution in [0.4, 0.5) is 5.69 Å². The largest absolute Gasteiger partial charge is 0.397 e. The number of aromatic nitrogens is 1. The van der Waals surface area contributed by atoms with Crippen molar-refractivity contribution < 1.29 is 4.79 Å². The number of amides is 1. The van der Waals surface area contributed by atoms with Crippen molar-refractivity contribution in [2.24, 2.45) is 0 Å². The molecule has 110 valence electrons. The highest BCUT2D eigenvalue weighted by atomic mass is 32.1. The zero-order valence-electron chi connectivity index (χ0n) is 11.8. The first-order valence-electron chi connectivity index (χ1n) is 7.40. The van der Waals surface area contributed by atoms with E-state index in [9.17, 15) is 4.79 Å². The van der Waals surface area contributed by atoms with Gasteiger partial charge in [-0.05, 0) is 31.5 Å². The highest BCUT2D eigenvalue weighted by Gasteiger charge is 2.33. The van der Waals surface area contributed by atoms with E-state index in [1.807, 2.05) is 17.0 Å². The maximum absolute atomic E-state index is 12.8. The number of pyridine rings is 1. The Morgan fingerprint density at radius 3 is 3.14 bits per heavy atom. The predicted octanol–water partition coefficient (Wildman–Crippen LogP) is 1.80. The minimum Gasteiger partial charge on any atom is -0.397 e. The van der Waals surface area contributed by atoms with Crippen LogP contribution in [0.25, 0.3) is 10.2 Å². The number of rotatable bonds is 1. The van der Waals surface area contributed by atoms with E-state index < -0.39 is 0 Å². The summed E-state index contributed by atoms with van der Waals surface area (Å²) in [5, 5.41) is 0.894. The zero-order chi connectivity index (χ0) is 14.4. The Balaban J connectivity index is 1.62. The average molecular weight is 302 g/mol. The summed E-state index contributed by atoms with van der Waals surface area (Å²) in [7, 11) is 0. The molecule has 2 aliphatic heterocycles. The van der Waals surface area contributed by atoms with Crippen molar-refractivity contribution in [2.75, 3.05) is 31.9 Å². The van der Waals surface area contributed by atoms with Crippen LogP contribution in [-0.4, -0.2) is 52.9 Å². The molecule has 0 aromatic carbocycles. The van der Waals surface area contributed by atoms with Crippen LogP contribution in [0.2, 0.25) is 0 Å². The molecule has 0 bridgehead atoms. The molecule has 0 radical (unpaired) electrons. The lowest BCUT2D eigenvalue weighted by molar-refractivity contribution is 0.0577. The summed E-state index contributed by atoms with van der Waals surface area (Å²) in [6.07, 6.45) is 4.19. The number of nitrogens with two attached hydrogens (primary N) is 1. The van der Waals surface area contributed by atoms with Crippen LogP contribution in [0.15, 0.2) is 18.3 Å². The monoisotopic (exact) mass is 302 g/mol. The SMILES string of the molecule is Nc1c(C(=O)N2CCN3CCCC3C2)sc2ncccc12. The molecule has 2 aromatic heterocycles. The van der Waals surface area contributed by atoms with E-state index in [0.717, 1.165) is 29.9 Å². The number of nitrogen functional groups attached to an aromatic ring is 1. The summed E-state index contributed by atoms with van der Waals surface area (Å²) in [6.45, 7) is 3.80. The van der Waals surface area contributed by atoms with Gasteiger partial charge in [0.05, 0.1) is 5.69 Å². The van der Waals surface area contributed by atoms with Crippen LogP contribution in [0.5, 0.6) is 0 Å². The lowest BCUT2D eigenvalue weighted by Gasteiger charge is -2.37. The van der Waals surface area contributed by atoms with E-state index in [0.29, 0.717) is 16.6 Å². The van der Waals surface area contributed by atoms with E-state index >= 15 is 0 Å². The van der Waals surface area contributed by atoms with Gasteiger partial charge in [0.15, 0.2) is 0 Å². The van der Waals surface area contributed by atoms with E-state index in [4.69, 9.17) is 5.73 Å². The summed E-state index contributed by atoms with van der Waals surface area (Å²) in [5.41, 5.74) is 6.75. The average Bonchev–Trinajstić information content (AvgIpc) is 3.11. The van der Waals surface area contributed by atoms with E-state index in [-0.39, 0.29) is 5.91 Å². The van der Waals surface area contributed by atoms with Gasteiger partial charge in [-0.2, -0.15) is 0 Å². The number of anilines is 1. The second kappa shape index (κ2) is 4.96. The fourth-order valence-corrected chi connectivity index (χ4v) is 4.46. The highest BCUT2D eigenvalue weighted by Crippen LogP contribution is 2.33. The molecule has 0 saturated carbocycles. The van der Waals surface area contributed by atoms with Gasteiger partial charge in [-0.3, -0.25) is 9.69 Å². The summed E-state index contributed by atoms with van der Waals surface area (Å²) < 4.78 is 0. The Kier molecular flexibility index (Phi) is 3.08. The van der Waals surface area contributed by atoms with Crippen LogP contribution in [0, 0.1) is 0 Å². The number of nitrogens with zero attached hydrogens (tertiary/aromatic N) is 3. The number of carbonyl (C=O) groups is 1. The number of hydrogen-bond donors (Lipinski definition) is 1. The van der Waals surface area contributed by atoms with Gasteiger partial charge in [0.2, 0.25) is 0 Å². The Morgan fingerprint density at radius 1 is 1.38 bits per heavy atom. The van der Waals surface area contributed by atoms with Gasteiger partial charge >= 0.3 is 0 Å². The molecule has 1 unspecified atom stereocenters. The van der Waals surface area contributed by atoms with Crippen LogP contribution in [-0.2, 0) is 0 Å². The van der Waals surface area contributed by atoms with E-state index in [1.54, 1.807) is 6.20 Å². The number of hydrogen-bond acceptors (Lipinski definition) is 5. The van der Waals surface area contributed by atoms with Gasteiger partial charge in [0.25, 0.3) is 5.91 Å². The van der Waals surface area contributed by atoms with E-state index in [2.05, 4.69) is 9.88 Å². The van der Waals surface area contributed by atoms with Crippen molar-refractivity contribution in [3.05, 3.63) is 23.2 Å². The number of piperazine rings is 1. The third-order valence-corrected chi connectivity index (χ3v) is 5.69. The standard InChI is InChI=1S/C15H18N4OS/c16-12-11-4-1-5-17-14(11)21-13(12)15(20)19-8-7-18-6-2-3-10(18)9-19/h1,4-5,10H,2-3,6-9,16H2. The molecule has 1 atom stereocenters. The van der Waals surface area contributed by atoms with Crippen LogP contribution >= 0.6 is 11.3 Å². The van der Waals surface area contributed by atoms with Crippen molar-refractivity contribution in [3.8, 4) is 0 Å². The van der Waals surface area contributed by atoms with Gasteiger partial charge in [0, 0.05) is 37.3 Å². The number of carbonyl (C=O) groups excluding carboxylic acids is 1. The topological polar surface area (TPSA) is 62.5 Å². The molecular formula is C15H18N4OS. The third kappa shape index (κ3) is 2.10. The van der Waals surface area contributed by atoms with Crippen LogP contribution in [0.3, 0.4) is 0 Å². The summed E-state index contributed by atoms with van der Waals surface area (Å²) >= 11 is 1.41. The molecule has 0 aliphatic carbocycles. The van der Waals surface area contributed by atoms with Gasteiger partial charge < -0.3 is 10.6 Å². The first-order valence-corrected chi connectivity index (χ1v) is 8.22. The molecule has 21 heavy (non-hydrogen) atoms. The first-order chi connectivity index (χ1) is 10.2. The summed E-state index contributed by atoms with van der Waals surface area (Å²) in [5.74, 6) is 0.0713. The molecule has 2 fully saturated rings. The highest BCUT2D eigenvalue weighted by molar-refractivity contribution is 7.21. The minimum atomic E-state index is 0.0713. The smallest absolute Gasteiger partial charge is 0.266 e.